The van der Waals surface area contributed by atoms with Gasteiger partial charge >= 0.3 is 17.9 Å². The van der Waals surface area contributed by atoms with Gasteiger partial charge in [-0.2, -0.15) is 0 Å². The molecular formula is C25H32O8. The van der Waals surface area contributed by atoms with Crippen LogP contribution in [0.4, 0.5) is 0 Å². The minimum Gasteiger partial charge on any atom is -0.464 e. The van der Waals surface area contributed by atoms with Crippen molar-refractivity contribution in [3.8, 4) is 0 Å². The molecule has 1 saturated heterocycles. The van der Waals surface area contributed by atoms with Gasteiger partial charge in [-0.25, -0.2) is 0 Å². The fraction of sp³-hybridized carbons (Fsp3) is 0.720. The molecule has 0 aromatic carbocycles. The molecule has 3 aliphatic carbocycles. The molecule has 2 bridgehead atoms. The molecule has 4 aliphatic rings. The lowest BCUT2D eigenvalue weighted by Gasteiger charge is -2.62. The van der Waals surface area contributed by atoms with Gasteiger partial charge in [-0.15, -0.1) is 0 Å². The van der Waals surface area contributed by atoms with Crippen molar-refractivity contribution in [3.63, 3.8) is 0 Å². The Morgan fingerprint density at radius 3 is 2.48 bits per heavy atom. The first-order valence-electron chi connectivity index (χ1n) is 11.7. The van der Waals surface area contributed by atoms with Gasteiger partial charge in [0.1, 0.15) is 25.1 Å². The van der Waals surface area contributed by atoms with Gasteiger partial charge in [0.05, 0.1) is 5.41 Å². The Morgan fingerprint density at radius 1 is 1.18 bits per heavy atom. The standard InChI is InChI=1S/C25H32O8/c1-6-19(28)33-21-15-7-8-16-24(12-31-22(30)25(16,21)20(29)13(15)2)17(11-26)23(4,5)10-9-18(24)32-14(3)27/h11,15-18,21H,2,6-10,12H2,1,3-5H3/t15-,16-,17+,18-,21+,24-,25-/m0/s1. The Kier molecular flexibility index (Phi) is 5.57. The molecule has 1 heterocycles. The van der Waals surface area contributed by atoms with Gasteiger partial charge in [0.15, 0.2) is 11.2 Å². The van der Waals surface area contributed by atoms with E-state index in [0.717, 1.165) is 6.29 Å². The maximum absolute atomic E-state index is 13.8. The van der Waals surface area contributed by atoms with Crippen molar-refractivity contribution in [2.45, 2.75) is 72.0 Å². The van der Waals surface area contributed by atoms with Crippen molar-refractivity contribution in [3.05, 3.63) is 12.2 Å². The normalized spacial score (nSPS) is 41.2. The molecule has 4 rings (SSSR count). The summed E-state index contributed by atoms with van der Waals surface area (Å²) >= 11 is 0. The molecule has 1 aliphatic heterocycles. The highest BCUT2D eigenvalue weighted by atomic mass is 16.6. The van der Waals surface area contributed by atoms with E-state index in [9.17, 15) is 24.0 Å². The number of carbonyl (C=O) groups excluding carboxylic acids is 5. The average molecular weight is 461 g/mol. The number of aldehydes is 1. The highest BCUT2D eigenvalue weighted by Gasteiger charge is 2.79. The number of ether oxygens (including phenoxy) is 3. The van der Waals surface area contributed by atoms with Crippen LogP contribution in [0.25, 0.3) is 0 Å². The van der Waals surface area contributed by atoms with Crippen LogP contribution in [0.15, 0.2) is 12.2 Å². The Morgan fingerprint density at radius 2 is 1.88 bits per heavy atom. The van der Waals surface area contributed by atoms with Crippen LogP contribution in [0.3, 0.4) is 0 Å². The van der Waals surface area contributed by atoms with E-state index >= 15 is 0 Å². The molecule has 0 N–H and O–H groups in total. The van der Waals surface area contributed by atoms with Crippen molar-refractivity contribution in [2.24, 2.45) is 34.0 Å². The first kappa shape index (κ1) is 23.6. The molecule has 8 heteroatoms. The number of ketones is 1. The minimum absolute atomic E-state index is 0.0882. The second kappa shape index (κ2) is 7.77. The van der Waals surface area contributed by atoms with Crippen molar-refractivity contribution >= 4 is 30.0 Å². The molecular weight excluding hydrogens is 428 g/mol. The molecule has 0 aromatic heterocycles. The second-order valence-electron chi connectivity index (χ2n) is 10.7. The first-order valence-corrected chi connectivity index (χ1v) is 11.7. The quantitative estimate of drug-likeness (QED) is 0.207. The fourth-order valence-electron chi connectivity index (χ4n) is 7.33. The van der Waals surface area contributed by atoms with Crippen LogP contribution >= 0.6 is 0 Å². The Hall–Kier alpha value is -2.51. The fourth-order valence-corrected chi connectivity index (χ4v) is 7.33. The number of esters is 3. The Balaban J connectivity index is 1.95. The Bertz CT molecular complexity index is 935. The maximum Gasteiger partial charge on any atom is 0.324 e. The van der Waals surface area contributed by atoms with Crippen LogP contribution in [-0.2, 0) is 38.2 Å². The lowest BCUT2D eigenvalue weighted by molar-refractivity contribution is -0.252. The van der Waals surface area contributed by atoms with E-state index in [1.165, 1.54) is 6.92 Å². The zero-order chi connectivity index (χ0) is 24.3. The van der Waals surface area contributed by atoms with Crippen LogP contribution in [0.5, 0.6) is 0 Å². The van der Waals surface area contributed by atoms with Crippen LogP contribution in [-0.4, -0.2) is 48.8 Å². The van der Waals surface area contributed by atoms with Crippen LogP contribution < -0.4 is 0 Å². The molecule has 8 nitrogen and oxygen atoms in total. The predicted molar refractivity (Wildman–Crippen MR) is 114 cm³/mol. The van der Waals surface area contributed by atoms with E-state index in [1.807, 2.05) is 13.8 Å². The zero-order valence-electron chi connectivity index (χ0n) is 19.7. The zero-order valence-corrected chi connectivity index (χ0v) is 19.7. The molecule has 0 unspecified atom stereocenters. The topological polar surface area (TPSA) is 113 Å². The van der Waals surface area contributed by atoms with E-state index < -0.39 is 69.9 Å². The van der Waals surface area contributed by atoms with Gasteiger partial charge in [-0.1, -0.05) is 27.4 Å². The predicted octanol–water partition coefficient (Wildman–Crippen LogP) is 2.57. The summed E-state index contributed by atoms with van der Waals surface area (Å²) in [4.78, 5) is 64.3. The summed E-state index contributed by atoms with van der Waals surface area (Å²) in [5, 5.41) is 0. The summed E-state index contributed by atoms with van der Waals surface area (Å²) in [6, 6.07) is 0. The van der Waals surface area contributed by atoms with Crippen molar-refractivity contribution in [1.82, 2.24) is 0 Å². The number of rotatable bonds is 4. The maximum atomic E-state index is 13.8. The lowest BCUT2D eigenvalue weighted by atomic mass is 9.43. The van der Waals surface area contributed by atoms with Crippen molar-refractivity contribution in [1.29, 1.82) is 0 Å². The lowest BCUT2D eigenvalue weighted by Crippen LogP contribution is -2.71. The molecule has 33 heavy (non-hydrogen) atoms. The van der Waals surface area contributed by atoms with Gasteiger partial charge in [-0.05, 0) is 42.6 Å². The molecule has 0 radical (unpaired) electrons. The number of Topliss-reactive ketones (excluding diaryl/α,β-unsaturated/α-hetero) is 1. The molecule has 0 amide bonds. The van der Waals surface area contributed by atoms with Gasteiger partial charge in [-0.3, -0.25) is 19.2 Å². The van der Waals surface area contributed by atoms with E-state index in [0.29, 0.717) is 25.7 Å². The van der Waals surface area contributed by atoms with Crippen LogP contribution in [0, 0.1) is 34.0 Å². The first-order chi connectivity index (χ1) is 15.5. The monoisotopic (exact) mass is 460 g/mol. The van der Waals surface area contributed by atoms with E-state index in [1.54, 1.807) is 6.92 Å². The molecule has 3 saturated carbocycles. The number of fused-ring (bicyclic) bond motifs is 2. The third-order valence-electron chi connectivity index (χ3n) is 8.75. The number of hydrogen-bond donors (Lipinski definition) is 0. The van der Waals surface area contributed by atoms with Crippen molar-refractivity contribution < 1.29 is 38.2 Å². The third-order valence-corrected chi connectivity index (χ3v) is 8.75. The van der Waals surface area contributed by atoms with Crippen LogP contribution in [0.2, 0.25) is 0 Å². The van der Waals surface area contributed by atoms with Crippen LogP contribution in [0.1, 0.15) is 59.8 Å². The SMILES string of the molecule is C=C1C(=O)[C@@]23C(=O)OC[C@]4([C@@H](OC(C)=O)CCC(C)(C)[C@H]4C=O)[C@@H]2CC[C@@H]1[C@H]3OC(=O)CC. The van der Waals surface area contributed by atoms with Gasteiger partial charge in [0.25, 0.3) is 0 Å². The average Bonchev–Trinajstić information content (AvgIpc) is 2.87. The minimum atomic E-state index is -1.78. The number of cyclic esters (lactones) is 1. The third kappa shape index (κ3) is 2.98. The second-order valence-corrected chi connectivity index (χ2v) is 10.7. The molecule has 4 fully saturated rings. The van der Waals surface area contributed by atoms with E-state index in [2.05, 4.69) is 6.58 Å². The molecule has 0 aromatic rings. The highest BCUT2D eigenvalue weighted by molar-refractivity contribution is 6.16. The molecule has 180 valence electrons. The summed E-state index contributed by atoms with van der Waals surface area (Å²) in [6.07, 6.45) is 1.20. The van der Waals surface area contributed by atoms with Gasteiger partial charge in [0, 0.05) is 25.2 Å². The number of hydrogen-bond acceptors (Lipinski definition) is 8. The van der Waals surface area contributed by atoms with E-state index in [-0.39, 0.29) is 18.6 Å². The summed E-state index contributed by atoms with van der Waals surface area (Å²) in [5.41, 5.74) is -3.11. The molecule has 2 spiro atoms. The summed E-state index contributed by atoms with van der Waals surface area (Å²) in [6.45, 7) is 10.7. The van der Waals surface area contributed by atoms with Gasteiger partial charge in [0.2, 0.25) is 0 Å². The molecule has 7 atom stereocenters. The highest BCUT2D eigenvalue weighted by Crippen LogP contribution is 2.68. The largest absolute Gasteiger partial charge is 0.464 e. The Labute approximate surface area is 193 Å². The van der Waals surface area contributed by atoms with Crippen molar-refractivity contribution in [2.75, 3.05) is 6.61 Å². The summed E-state index contributed by atoms with van der Waals surface area (Å²) in [7, 11) is 0. The number of carbonyl (C=O) groups is 5. The summed E-state index contributed by atoms with van der Waals surface area (Å²) < 4.78 is 17.2. The van der Waals surface area contributed by atoms with E-state index in [4.69, 9.17) is 14.2 Å². The summed E-state index contributed by atoms with van der Waals surface area (Å²) in [5.74, 6) is -4.06. The van der Waals surface area contributed by atoms with Gasteiger partial charge < -0.3 is 19.0 Å². The smallest absolute Gasteiger partial charge is 0.324 e.